The molecule has 2 rings (SSSR count). The molecule has 6 nitrogen and oxygen atoms in total. The van der Waals surface area contributed by atoms with E-state index in [0.29, 0.717) is 39.2 Å². The molecule has 1 saturated carbocycles. The zero-order chi connectivity index (χ0) is 20.1. The van der Waals surface area contributed by atoms with Crippen molar-refractivity contribution in [2.75, 3.05) is 26.4 Å². The van der Waals surface area contributed by atoms with Gasteiger partial charge in [-0.1, -0.05) is 19.9 Å². The number of hydrogen-bond donors (Lipinski definition) is 2. The molecule has 3 N–H and O–H groups in total. The summed E-state index contributed by atoms with van der Waals surface area (Å²) in [6.07, 6.45) is 1.28. The Hall–Kier alpha value is -1.79. The number of nitrogens with one attached hydrogen (secondary N) is 1. The molecule has 0 heterocycles. The Balaban J connectivity index is 1.92. The van der Waals surface area contributed by atoms with Crippen molar-refractivity contribution >= 4 is 5.91 Å². The predicted octanol–water partition coefficient (Wildman–Crippen LogP) is 2.68. The van der Waals surface area contributed by atoms with E-state index < -0.39 is 5.54 Å². The van der Waals surface area contributed by atoms with Gasteiger partial charge in [0.1, 0.15) is 5.54 Å². The van der Waals surface area contributed by atoms with Crippen molar-refractivity contribution in [1.82, 2.24) is 5.32 Å². The highest BCUT2D eigenvalue weighted by atomic mass is 16.5. The lowest BCUT2D eigenvalue weighted by molar-refractivity contribution is -0.170. The highest BCUT2D eigenvalue weighted by Crippen LogP contribution is 2.49. The summed E-state index contributed by atoms with van der Waals surface area (Å²) >= 11 is 0. The summed E-state index contributed by atoms with van der Waals surface area (Å²) in [7, 11) is 0. The Morgan fingerprint density at radius 3 is 2.41 bits per heavy atom. The number of amides is 1. The quantitative estimate of drug-likeness (QED) is 0.654. The lowest BCUT2D eigenvalue weighted by atomic mass is 9.54. The van der Waals surface area contributed by atoms with E-state index in [9.17, 15) is 4.79 Å². The van der Waals surface area contributed by atoms with E-state index in [-0.39, 0.29) is 17.4 Å². The number of rotatable bonds is 10. The highest BCUT2D eigenvalue weighted by molar-refractivity contribution is 5.88. The van der Waals surface area contributed by atoms with Crippen molar-refractivity contribution in [3.63, 3.8) is 0 Å². The van der Waals surface area contributed by atoms with E-state index in [1.807, 2.05) is 52.8 Å². The second kappa shape index (κ2) is 8.93. The van der Waals surface area contributed by atoms with Gasteiger partial charge >= 0.3 is 0 Å². The van der Waals surface area contributed by atoms with E-state index in [4.69, 9.17) is 19.9 Å². The third-order valence-electron chi connectivity index (χ3n) is 5.54. The fraction of sp³-hybridized carbons (Fsp3) is 0.667. The first-order valence-electron chi connectivity index (χ1n) is 9.87. The summed E-state index contributed by atoms with van der Waals surface area (Å²) < 4.78 is 16.9. The van der Waals surface area contributed by atoms with E-state index in [1.165, 1.54) is 0 Å². The van der Waals surface area contributed by atoms with Crippen molar-refractivity contribution in [3.8, 4) is 11.5 Å². The van der Waals surface area contributed by atoms with Gasteiger partial charge in [0, 0.05) is 25.0 Å². The van der Waals surface area contributed by atoms with Gasteiger partial charge in [-0.05, 0) is 44.9 Å². The topological polar surface area (TPSA) is 82.8 Å². The molecule has 1 amide bonds. The molecule has 1 aromatic rings. The van der Waals surface area contributed by atoms with Gasteiger partial charge in [-0.3, -0.25) is 4.79 Å². The smallest absolute Gasteiger partial charge is 0.240 e. The zero-order valence-electron chi connectivity index (χ0n) is 17.3. The molecule has 0 radical (unpaired) electrons. The van der Waals surface area contributed by atoms with Crippen molar-refractivity contribution < 1.29 is 19.0 Å². The van der Waals surface area contributed by atoms with Gasteiger partial charge in [0.15, 0.2) is 11.5 Å². The minimum atomic E-state index is -0.887. The molecule has 2 atom stereocenters. The average Bonchev–Trinajstić information content (AvgIpc) is 2.63. The van der Waals surface area contributed by atoms with Crippen molar-refractivity contribution in [1.29, 1.82) is 0 Å². The standard InChI is InChI=1S/C21H34N2O4/c1-6-25-16-10-9-15(13-17(16)26-7-2)11-12-23-19(24)21(22)14-18(27-8-3)20(21,4)5/h9-10,13,18H,6-8,11-12,14,22H2,1-5H3,(H,23,24). The van der Waals surface area contributed by atoms with Gasteiger partial charge in [0.05, 0.1) is 19.3 Å². The first kappa shape index (κ1) is 21.5. The molecule has 1 fully saturated rings. The molecule has 1 aromatic carbocycles. The van der Waals surface area contributed by atoms with Crippen molar-refractivity contribution in [3.05, 3.63) is 23.8 Å². The van der Waals surface area contributed by atoms with Crippen LogP contribution in [-0.2, 0) is 16.0 Å². The highest BCUT2D eigenvalue weighted by Gasteiger charge is 2.62. The summed E-state index contributed by atoms with van der Waals surface area (Å²) in [5.41, 5.74) is 6.22. The summed E-state index contributed by atoms with van der Waals surface area (Å²) in [6, 6.07) is 5.88. The number of benzene rings is 1. The normalized spacial score (nSPS) is 23.4. The van der Waals surface area contributed by atoms with Crippen LogP contribution in [0.25, 0.3) is 0 Å². The maximum absolute atomic E-state index is 12.7. The molecule has 0 saturated heterocycles. The lowest BCUT2D eigenvalue weighted by Gasteiger charge is -2.57. The van der Waals surface area contributed by atoms with E-state index in [2.05, 4.69) is 5.32 Å². The van der Waals surface area contributed by atoms with Gasteiger partial charge in [0.25, 0.3) is 0 Å². The Kier molecular flexibility index (Phi) is 7.12. The molecule has 0 aliphatic heterocycles. The second-order valence-electron chi connectivity index (χ2n) is 7.49. The van der Waals surface area contributed by atoms with Crippen molar-refractivity contribution in [2.24, 2.45) is 11.1 Å². The molecule has 0 aromatic heterocycles. The largest absolute Gasteiger partial charge is 0.490 e. The second-order valence-corrected chi connectivity index (χ2v) is 7.49. The zero-order valence-corrected chi connectivity index (χ0v) is 17.3. The van der Waals surface area contributed by atoms with Crippen LogP contribution in [0.2, 0.25) is 0 Å². The SMILES string of the molecule is CCOc1ccc(CCNC(=O)C2(N)CC(OCC)C2(C)C)cc1OCC. The number of carbonyl (C=O) groups is 1. The Morgan fingerprint density at radius 1 is 1.15 bits per heavy atom. The molecule has 1 aliphatic rings. The first-order chi connectivity index (χ1) is 12.8. The third kappa shape index (κ3) is 4.38. The Morgan fingerprint density at radius 2 is 1.81 bits per heavy atom. The van der Waals surface area contributed by atoms with Crippen LogP contribution in [0.15, 0.2) is 18.2 Å². The van der Waals surface area contributed by atoms with E-state index in [0.717, 1.165) is 17.1 Å². The number of hydrogen-bond acceptors (Lipinski definition) is 5. The molecule has 27 heavy (non-hydrogen) atoms. The Labute approximate surface area is 162 Å². The summed E-state index contributed by atoms with van der Waals surface area (Å²) in [4.78, 5) is 12.7. The summed E-state index contributed by atoms with van der Waals surface area (Å²) in [5.74, 6) is 1.36. The van der Waals surface area contributed by atoms with E-state index >= 15 is 0 Å². The Bertz CT molecular complexity index is 647. The number of nitrogens with two attached hydrogens (primary N) is 1. The van der Waals surface area contributed by atoms with Gasteiger partial charge in [-0.25, -0.2) is 0 Å². The molecular formula is C21H34N2O4. The van der Waals surface area contributed by atoms with E-state index in [1.54, 1.807) is 0 Å². The number of carbonyl (C=O) groups excluding carboxylic acids is 1. The average molecular weight is 379 g/mol. The van der Waals surface area contributed by atoms with Crippen LogP contribution in [0.5, 0.6) is 11.5 Å². The van der Waals surface area contributed by atoms with Crippen LogP contribution in [0.4, 0.5) is 0 Å². The van der Waals surface area contributed by atoms with Crippen LogP contribution in [0.3, 0.4) is 0 Å². The van der Waals surface area contributed by atoms with Gasteiger partial charge in [-0.2, -0.15) is 0 Å². The van der Waals surface area contributed by atoms with Crippen molar-refractivity contribution in [2.45, 2.75) is 59.1 Å². The van der Waals surface area contributed by atoms with Crippen LogP contribution >= 0.6 is 0 Å². The molecule has 0 spiro atoms. The molecule has 6 heteroatoms. The molecule has 152 valence electrons. The maximum atomic E-state index is 12.7. The van der Waals surface area contributed by atoms with Crippen LogP contribution in [0, 0.1) is 5.41 Å². The predicted molar refractivity (Wildman–Crippen MR) is 106 cm³/mol. The number of ether oxygens (including phenoxy) is 3. The van der Waals surface area contributed by atoms with Crippen LogP contribution < -0.4 is 20.5 Å². The van der Waals surface area contributed by atoms with Gasteiger partial charge in [-0.15, -0.1) is 0 Å². The minimum Gasteiger partial charge on any atom is -0.490 e. The van der Waals surface area contributed by atoms with Gasteiger partial charge < -0.3 is 25.3 Å². The minimum absolute atomic E-state index is 0.0260. The van der Waals surface area contributed by atoms with Crippen LogP contribution in [-0.4, -0.2) is 43.9 Å². The first-order valence-corrected chi connectivity index (χ1v) is 9.87. The lowest BCUT2D eigenvalue weighted by Crippen LogP contribution is -2.75. The maximum Gasteiger partial charge on any atom is 0.240 e. The summed E-state index contributed by atoms with van der Waals surface area (Å²) in [6.45, 7) is 12.2. The molecule has 0 bridgehead atoms. The molecular weight excluding hydrogens is 344 g/mol. The third-order valence-corrected chi connectivity index (χ3v) is 5.54. The molecule has 1 aliphatic carbocycles. The van der Waals surface area contributed by atoms with Gasteiger partial charge in [0.2, 0.25) is 5.91 Å². The monoisotopic (exact) mass is 378 g/mol. The molecule has 2 unspecified atom stereocenters. The summed E-state index contributed by atoms with van der Waals surface area (Å²) in [5, 5.41) is 2.99. The fourth-order valence-corrected chi connectivity index (χ4v) is 3.55. The fourth-order valence-electron chi connectivity index (χ4n) is 3.55. The van der Waals surface area contributed by atoms with Crippen LogP contribution in [0.1, 0.15) is 46.6 Å².